The summed E-state index contributed by atoms with van der Waals surface area (Å²) in [7, 11) is 2.19. The van der Waals surface area contributed by atoms with E-state index >= 15 is 0 Å². The molecule has 17 heavy (non-hydrogen) atoms. The molecule has 1 N–H and O–H groups in total. The van der Waals surface area contributed by atoms with Gasteiger partial charge in [0.05, 0.1) is 0 Å². The van der Waals surface area contributed by atoms with Gasteiger partial charge in [0, 0.05) is 32.2 Å². The Bertz CT molecular complexity index is 366. The van der Waals surface area contributed by atoms with Crippen molar-refractivity contribution in [2.45, 2.75) is 19.9 Å². The summed E-state index contributed by atoms with van der Waals surface area (Å²) in [5, 5.41) is 3.26. The third-order valence-electron chi connectivity index (χ3n) is 3.38. The normalized spacial score (nSPS) is 21.6. The number of pyridine rings is 1. The van der Waals surface area contributed by atoms with Crippen molar-refractivity contribution in [3.8, 4) is 0 Å². The van der Waals surface area contributed by atoms with Crippen molar-refractivity contribution >= 4 is 11.6 Å². The van der Waals surface area contributed by atoms with Gasteiger partial charge < -0.3 is 15.1 Å². The lowest BCUT2D eigenvalue weighted by Crippen LogP contribution is -2.50. The van der Waals surface area contributed by atoms with E-state index in [0.717, 1.165) is 37.8 Å². The topological polar surface area (TPSA) is 31.4 Å². The van der Waals surface area contributed by atoms with E-state index in [1.54, 1.807) is 0 Å². The minimum absolute atomic E-state index is 0.591. The first kappa shape index (κ1) is 12.2. The molecule has 2 rings (SSSR count). The molecule has 2 heterocycles. The van der Waals surface area contributed by atoms with Gasteiger partial charge in [-0.3, -0.25) is 0 Å². The molecule has 0 aromatic carbocycles. The zero-order valence-electron chi connectivity index (χ0n) is 11.0. The number of likely N-dealkylation sites (N-methyl/N-ethyl adjacent to an activating group) is 1. The predicted molar refractivity (Wildman–Crippen MR) is 72.7 cm³/mol. The Kier molecular flexibility index (Phi) is 3.84. The van der Waals surface area contributed by atoms with Gasteiger partial charge >= 0.3 is 0 Å². The average molecular weight is 234 g/mol. The number of nitrogens with one attached hydrogen (secondary N) is 1. The average Bonchev–Trinajstić information content (AvgIpc) is 2.33. The third-order valence-corrected chi connectivity index (χ3v) is 3.38. The third kappa shape index (κ3) is 2.88. The Labute approximate surface area is 104 Å². The van der Waals surface area contributed by atoms with Crippen molar-refractivity contribution in [3.63, 3.8) is 0 Å². The maximum atomic E-state index is 4.64. The van der Waals surface area contributed by atoms with E-state index in [9.17, 15) is 0 Å². The van der Waals surface area contributed by atoms with Crippen LogP contribution in [0.2, 0.25) is 0 Å². The molecule has 4 nitrogen and oxygen atoms in total. The lowest BCUT2D eigenvalue weighted by atomic mass is 10.2. The highest BCUT2D eigenvalue weighted by Crippen LogP contribution is 2.18. The van der Waals surface area contributed by atoms with E-state index in [0.29, 0.717) is 6.04 Å². The van der Waals surface area contributed by atoms with Crippen LogP contribution in [0.15, 0.2) is 18.2 Å². The molecule has 4 heteroatoms. The van der Waals surface area contributed by atoms with Crippen molar-refractivity contribution in [1.29, 1.82) is 0 Å². The summed E-state index contributed by atoms with van der Waals surface area (Å²) >= 11 is 0. The summed E-state index contributed by atoms with van der Waals surface area (Å²) in [5.74, 6) is 2.06. The summed E-state index contributed by atoms with van der Waals surface area (Å²) in [4.78, 5) is 9.40. The fraction of sp³-hybridized carbons (Fsp3) is 0.615. The minimum atomic E-state index is 0.591. The zero-order valence-corrected chi connectivity index (χ0v) is 11.0. The van der Waals surface area contributed by atoms with E-state index in [1.165, 1.54) is 0 Å². The highest BCUT2D eigenvalue weighted by molar-refractivity contribution is 5.47. The standard InChI is InChI=1S/C13H22N4/c1-4-14-12-6-5-7-13(15-12)17-9-8-16(3)11(2)10-17/h5-7,11H,4,8-10H2,1-3H3,(H,14,15). The molecule has 1 aliphatic heterocycles. The molecule has 0 bridgehead atoms. The van der Waals surface area contributed by atoms with Crippen molar-refractivity contribution in [1.82, 2.24) is 9.88 Å². The maximum absolute atomic E-state index is 4.64. The second kappa shape index (κ2) is 5.36. The smallest absolute Gasteiger partial charge is 0.131 e. The number of aromatic nitrogens is 1. The van der Waals surface area contributed by atoms with E-state index in [4.69, 9.17) is 0 Å². The zero-order chi connectivity index (χ0) is 12.3. The molecular weight excluding hydrogens is 212 g/mol. The highest BCUT2D eigenvalue weighted by atomic mass is 15.3. The molecule has 1 fully saturated rings. The van der Waals surface area contributed by atoms with E-state index in [-0.39, 0.29) is 0 Å². The minimum Gasteiger partial charge on any atom is -0.370 e. The maximum Gasteiger partial charge on any atom is 0.131 e. The van der Waals surface area contributed by atoms with Gasteiger partial charge in [-0.25, -0.2) is 4.98 Å². The summed E-state index contributed by atoms with van der Waals surface area (Å²) < 4.78 is 0. The number of piperazine rings is 1. The highest BCUT2D eigenvalue weighted by Gasteiger charge is 2.21. The van der Waals surface area contributed by atoms with Gasteiger partial charge in [-0.1, -0.05) is 6.07 Å². The predicted octanol–water partition coefficient (Wildman–Crippen LogP) is 1.65. The fourth-order valence-electron chi connectivity index (χ4n) is 2.14. The summed E-state index contributed by atoms with van der Waals surface area (Å²) in [6.07, 6.45) is 0. The number of hydrogen-bond acceptors (Lipinski definition) is 4. The SMILES string of the molecule is CCNc1cccc(N2CCN(C)C(C)C2)n1. The van der Waals surface area contributed by atoms with Gasteiger partial charge in [0.25, 0.3) is 0 Å². The van der Waals surface area contributed by atoms with Crippen molar-refractivity contribution < 1.29 is 0 Å². The molecule has 1 unspecified atom stereocenters. The van der Waals surface area contributed by atoms with Crippen LogP contribution in [0.5, 0.6) is 0 Å². The quantitative estimate of drug-likeness (QED) is 0.862. The molecule has 0 spiro atoms. The monoisotopic (exact) mass is 234 g/mol. The second-order valence-electron chi connectivity index (χ2n) is 4.69. The van der Waals surface area contributed by atoms with Crippen LogP contribution in [0, 0.1) is 0 Å². The van der Waals surface area contributed by atoms with E-state index in [2.05, 4.69) is 53.1 Å². The Balaban J connectivity index is 2.09. The van der Waals surface area contributed by atoms with Crippen LogP contribution < -0.4 is 10.2 Å². The van der Waals surface area contributed by atoms with Crippen molar-refractivity contribution in [2.24, 2.45) is 0 Å². The van der Waals surface area contributed by atoms with E-state index < -0.39 is 0 Å². The molecule has 0 saturated carbocycles. The second-order valence-corrected chi connectivity index (χ2v) is 4.69. The largest absolute Gasteiger partial charge is 0.370 e. The summed E-state index contributed by atoms with van der Waals surface area (Å²) in [6.45, 7) is 8.49. The van der Waals surface area contributed by atoms with Gasteiger partial charge in [-0.05, 0) is 33.0 Å². The fourth-order valence-corrected chi connectivity index (χ4v) is 2.14. The Morgan fingerprint density at radius 2 is 2.24 bits per heavy atom. The van der Waals surface area contributed by atoms with Gasteiger partial charge in [-0.15, -0.1) is 0 Å². The number of hydrogen-bond donors (Lipinski definition) is 1. The van der Waals surface area contributed by atoms with Gasteiger partial charge in [0.2, 0.25) is 0 Å². The van der Waals surface area contributed by atoms with Crippen LogP contribution in [0.4, 0.5) is 11.6 Å². The number of anilines is 2. The van der Waals surface area contributed by atoms with Crippen LogP contribution in [-0.2, 0) is 0 Å². The Hall–Kier alpha value is -1.29. The first-order valence-electron chi connectivity index (χ1n) is 6.37. The molecule has 1 saturated heterocycles. The molecule has 1 aromatic rings. The lowest BCUT2D eigenvalue weighted by molar-refractivity contribution is 0.233. The van der Waals surface area contributed by atoms with Crippen LogP contribution >= 0.6 is 0 Å². The first-order valence-corrected chi connectivity index (χ1v) is 6.37. The molecule has 94 valence electrons. The van der Waals surface area contributed by atoms with Gasteiger partial charge in [-0.2, -0.15) is 0 Å². The Morgan fingerprint density at radius 3 is 2.94 bits per heavy atom. The van der Waals surface area contributed by atoms with Crippen molar-refractivity contribution in [3.05, 3.63) is 18.2 Å². The first-order chi connectivity index (χ1) is 8.20. The summed E-state index contributed by atoms with van der Waals surface area (Å²) in [6, 6.07) is 6.78. The molecule has 0 radical (unpaired) electrons. The molecule has 0 amide bonds. The van der Waals surface area contributed by atoms with Crippen molar-refractivity contribution in [2.75, 3.05) is 43.4 Å². The Morgan fingerprint density at radius 1 is 1.41 bits per heavy atom. The van der Waals surface area contributed by atoms with Crippen LogP contribution in [0.25, 0.3) is 0 Å². The molecule has 0 aliphatic carbocycles. The van der Waals surface area contributed by atoms with Crippen LogP contribution in [-0.4, -0.2) is 49.2 Å². The molecule has 1 aliphatic rings. The molecular formula is C13H22N4. The summed E-state index contributed by atoms with van der Waals surface area (Å²) in [5.41, 5.74) is 0. The van der Waals surface area contributed by atoms with Gasteiger partial charge in [0.1, 0.15) is 11.6 Å². The molecule has 1 aromatic heterocycles. The van der Waals surface area contributed by atoms with Gasteiger partial charge in [0.15, 0.2) is 0 Å². The lowest BCUT2D eigenvalue weighted by Gasteiger charge is -2.38. The number of rotatable bonds is 3. The number of nitrogens with zero attached hydrogens (tertiary/aromatic N) is 3. The van der Waals surface area contributed by atoms with E-state index in [1.807, 2.05) is 6.07 Å². The van der Waals surface area contributed by atoms with Crippen LogP contribution in [0.3, 0.4) is 0 Å². The molecule has 1 atom stereocenters. The van der Waals surface area contributed by atoms with Crippen LogP contribution in [0.1, 0.15) is 13.8 Å².